The first kappa shape index (κ1) is 9.99. The number of nitrogens with zero attached hydrogens (tertiary/aromatic N) is 1. The highest BCUT2D eigenvalue weighted by molar-refractivity contribution is 5.36. The van der Waals surface area contributed by atoms with Gasteiger partial charge >= 0.3 is 0 Å². The molecule has 0 aliphatic heterocycles. The van der Waals surface area contributed by atoms with E-state index in [9.17, 15) is 0 Å². The van der Waals surface area contributed by atoms with Crippen LogP contribution < -0.4 is 10.5 Å². The van der Waals surface area contributed by atoms with E-state index in [2.05, 4.69) is 11.9 Å². The maximum atomic E-state index is 5.52. The first-order valence-electron chi connectivity index (χ1n) is 4.54. The van der Waals surface area contributed by atoms with Crippen molar-refractivity contribution < 1.29 is 4.74 Å². The van der Waals surface area contributed by atoms with Crippen LogP contribution in [0.25, 0.3) is 0 Å². The first-order chi connectivity index (χ1) is 6.33. The molecule has 0 radical (unpaired) electrons. The molecule has 1 rings (SSSR count). The van der Waals surface area contributed by atoms with Crippen molar-refractivity contribution in [2.45, 2.75) is 19.8 Å². The van der Waals surface area contributed by atoms with Gasteiger partial charge < -0.3 is 10.5 Å². The minimum Gasteiger partial charge on any atom is -0.496 e. The Balaban J connectivity index is 3.05. The van der Waals surface area contributed by atoms with Crippen molar-refractivity contribution in [3.05, 3.63) is 23.5 Å². The van der Waals surface area contributed by atoms with Crippen molar-refractivity contribution in [3.8, 4) is 5.75 Å². The molecule has 0 unspecified atom stereocenters. The molecule has 0 aromatic carbocycles. The maximum absolute atomic E-state index is 5.52. The molecule has 3 heteroatoms. The van der Waals surface area contributed by atoms with E-state index < -0.39 is 0 Å². The lowest BCUT2D eigenvalue weighted by Gasteiger charge is -2.10. The van der Waals surface area contributed by atoms with Crippen LogP contribution in [-0.2, 0) is 12.8 Å². The number of nitrogens with two attached hydrogens (primary N) is 1. The highest BCUT2D eigenvalue weighted by atomic mass is 16.5. The van der Waals surface area contributed by atoms with Crippen LogP contribution in [0, 0.1) is 0 Å². The zero-order valence-electron chi connectivity index (χ0n) is 8.21. The summed E-state index contributed by atoms with van der Waals surface area (Å²) in [5.41, 5.74) is 7.76. The molecule has 0 amide bonds. The standard InChI is InChI=1S/C10H16N2O/c1-3-9-8(4-6-11)10(13-2)5-7-12-9/h5,7H,3-4,6,11H2,1-2H3. The molecule has 0 aliphatic rings. The molecule has 0 aliphatic carbocycles. The molecule has 0 bridgehead atoms. The Morgan fingerprint density at radius 1 is 1.54 bits per heavy atom. The third-order valence-electron chi connectivity index (χ3n) is 2.05. The number of rotatable bonds is 4. The molecule has 13 heavy (non-hydrogen) atoms. The molecular weight excluding hydrogens is 164 g/mol. The second-order valence-electron chi connectivity index (χ2n) is 2.83. The molecule has 2 N–H and O–H groups in total. The summed E-state index contributed by atoms with van der Waals surface area (Å²) in [7, 11) is 1.68. The fraction of sp³-hybridized carbons (Fsp3) is 0.500. The monoisotopic (exact) mass is 180 g/mol. The summed E-state index contributed by atoms with van der Waals surface area (Å²) in [6, 6.07) is 1.88. The van der Waals surface area contributed by atoms with E-state index in [0.29, 0.717) is 6.54 Å². The van der Waals surface area contributed by atoms with Crippen molar-refractivity contribution in [1.29, 1.82) is 0 Å². The van der Waals surface area contributed by atoms with Gasteiger partial charge in [-0.2, -0.15) is 0 Å². The van der Waals surface area contributed by atoms with Gasteiger partial charge in [0.25, 0.3) is 0 Å². The van der Waals surface area contributed by atoms with E-state index in [1.807, 2.05) is 6.07 Å². The van der Waals surface area contributed by atoms with Crippen LogP contribution in [0.3, 0.4) is 0 Å². The van der Waals surface area contributed by atoms with Gasteiger partial charge in [-0.05, 0) is 25.5 Å². The molecule has 0 fully saturated rings. The van der Waals surface area contributed by atoms with Gasteiger partial charge in [-0.25, -0.2) is 0 Å². The summed E-state index contributed by atoms with van der Waals surface area (Å²) >= 11 is 0. The summed E-state index contributed by atoms with van der Waals surface area (Å²) in [6.45, 7) is 2.72. The number of ether oxygens (including phenoxy) is 1. The van der Waals surface area contributed by atoms with Crippen molar-refractivity contribution >= 4 is 0 Å². The predicted molar refractivity (Wildman–Crippen MR) is 52.9 cm³/mol. The van der Waals surface area contributed by atoms with Gasteiger partial charge in [-0.3, -0.25) is 4.98 Å². The summed E-state index contributed by atoms with van der Waals surface area (Å²) in [4.78, 5) is 4.29. The molecule has 72 valence electrons. The fourth-order valence-corrected chi connectivity index (χ4v) is 1.42. The van der Waals surface area contributed by atoms with Gasteiger partial charge in [0.1, 0.15) is 5.75 Å². The molecule has 0 saturated carbocycles. The minimum atomic E-state index is 0.634. The fourth-order valence-electron chi connectivity index (χ4n) is 1.42. The second kappa shape index (κ2) is 4.82. The number of aryl methyl sites for hydroxylation is 1. The van der Waals surface area contributed by atoms with Crippen LogP contribution in [0.2, 0.25) is 0 Å². The van der Waals surface area contributed by atoms with E-state index in [0.717, 1.165) is 29.8 Å². The Hall–Kier alpha value is -1.09. The van der Waals surface area contributed by atoms with Crippen molar-refractivity contribution in [2.24, 2.45) is 5.73 Å². The number of aromatic nitrogens is 1. The number of methoxy groups -OCH3 is 1. The highest BCUT2D eigenvalue weighted by Gasteiger charge is 2.07. The van der Waals surface area contributed by atoms with E-state index in [4.69, 9.17) is 10.5 Å². The minimum absolute atomic E-state index is 0.634. The number of hydrogen-bond donors (Lipinski definition) is 1. The molecule has 1 aromatic rings. The summed E-state index contributed by atoms with van der Waals surface area (Å²) in [5, 5.41) is 0. The van der Waals surface area contributed by atoms with Crippen LogP contribution in [0.5, 0.6) is 5.75 Å². The molecule has 1 heterocycles. The molecule has 3 nitrogen and oxygen atoms in total. The van der Waals surface area contributed by atoms with Crippen LogP contribution in [0.1, 0.15) is 18.2 Å². The van der Waals surface area contributed by atoms with Crippen LogP contribution >= 0.6 is 0 Å². The normalized spacial score (nSPS) is 10.1. The zero-order chi connectivity index (χ0) is 9.68. The van der Waals surface area contributed by atoms with E-state index in [1.54, 1.807) is 13.3 Å². The van der Waals surface area contributed by atoms with E-state index >= 15 is 0 Å². The summed E-state index contributed by atoms with van der Waals surface area (Å²) in [6.07, 6.45) is 3.53. The zero-order valence-corrected chi connectivity index (χ0v) is 8.21. The Morgan fingerprint density at radius 2 is 2.31 bits per heavy atom. The van der Waals surface area contributed by atoms with Crippen molar-refractivity contribution in [1.82, 2.24) is 4.98 Å². The van der Waals surface area contributed by atoms with Gasteiger partial charge in [0, 0.05) is 17.5 Å². The number of hydrogen-bond acceptors (Lipinski definition) is 3. The van der Waals surface area contributed by atoms with Gasteiger partial charge in [0.2, 0.25) is 0 Å². The quantitative estimate of drug-likeness (QED) is 0.756. The van der Waals surface area contributed by atoms with E-state index in [1.165, 1.54) is 0 Å². The third kappa shape index (κ3) is 2.18. The lowest BCUT2D eigenvalue weighted by molar-refractivity contribution is 0.408. The van der Waals surface area contributed by atoms with Gasteiger partial charge in [-0.15, -0.1) is 0 Å². The Bertz CT molecular complexity index is 251. The predicted octanol–water partition coefficient (Wildman–Crippen LogP) is 1.15. The number of pyridine rings is 1. The SMILES string of the molecule is CCc1nccc(OC)c1CCN. The smallest absolute Gasteiger partial charge is 0.125 e. The van der Waals surface area contributed by atoms with Gasteiger partial charge in [0.15, 0.2) is 0 Å². The first-order valence-corrected chi connectivity index (χ1v) is 4.54. The maximum Gasteiger partial charge on any atom is 0.125 e. The van der Waals surface area contributed by atoms with Crippen LogP contribution in [0.4, 0.5) is 0 Å². The third-order valence-corrected chi connectivity index (χ3v) is 2.05. The lowest BCUT2D eigenvalue weighted by Crippen LogP contribution is -2.08. The van der Waals surface area contributed by atoms with Gasteiger partial charge in [0.05, 0.1) is 7.11 Å². The Labute approximate surface area is 78.9 Å². The van der Waals surface area contributed by atoms with Gasteiger partial charge in [-0.1, -0.05) is 6.92 Å². The van der Waals surface area contributed by atoms with Crippen LogP contribution in [0.15, 0.2) is 12.3 Å². The summed E-state index contributed by atoms with van der Waals surface area (Å²) in [5.74, 6) is 0.900. The van der Waals surface area contributed by atoms with E-state index in [-0.39, 0.29) is 0 Å². The Morgan fingerprint density at radius 3 is 2.85 bits per heavy atom. The van der Waals surface area contributed by atoms with Crippen molar-refractivity contribution in [3.63, 3.8) is 0 Å². The van der Waals surface area contributed by atoms with Crippen molar-refractivity contribution in [2.75, 3.05) is 13.7 Å². The van der Waals surface area contributed by atoms with Crippen LogP contribution in [-0.4, -0.2) is 18.6 Å². The molecule has 1 aromatic heterocycles. The lowest BCUT2D eigenvalue weighted by atomic mass is 10.1. The Kier molecular flexibility index (Phi) is 3.71. The largest absolute Gasteiger partial charge is 0.496 e. The summed E-state index contributed by atoms with van der Waals surface area (Å²) < 4.78 is 5.24. The molecule has 0 atom stereocenters. The second-order valence-corrected chi connectivity index (χ2v) is 2.83. The molecule has 0 saturated heterocycles. The average molecular weight is 180 g/mol. The topological polar surface area (TPSA) is 48.1 Å². The average Bonchev–Trinajstić information content (AvgIpc) is 2.18. The molecule has 0 spiro atoms. The highest BCUT2D eigenvalue weighted by Crippen LogP contribution is 2.20. The molecular formula is C10H16N2O.